The zero-order chi connectivity index (χ0) is 34.6. The Kier molecular flexibility index (Phi) is 13.1. The minimum Gasteiger partial charge on any atom is -0.504 e. The van der Waals surface area contributed by atoms with E-state index in [2.05, 4.69) is 22.5 Å². The van der Waals surface area contributed by atoms with Gasteiger partial charge in [0.05, 0.1) is 22.2 Å². The van der Waals surface area contributed by atoms with Crippen LogP contribution in [-0.2, 0) is 29.5 Å². The predicted molar refractivity (Wildman–Crippen MR) is 176 cm³/mol. The van der Waals surface area contributed by atoms with Crippen LogP contribution >= 0.6 is 23.1 Å². The van der Waals surface area contributed by atoms with Crippen LogP contribution in [0.4, 0.5) is 5.69 Å². The molecule has 4 aromatic rings. The quantitative estimate of drug-likeness (QED) is 0.0270. The van der Waals surface area contributed by atoms with E-state index >= 15 is 0 Å². The summed E-state index contributed by atoms with van der Waals surface area (Å²) in [6.07, 6.45) is 2.20. The van der Waals surface area contributed by atoms with Crippen molar-refractivity contribution in [3.8, 4) is 17.2 Å². The van der Waals surface area contributed by atoms with Crippen molar-refractivity contribution in [3.05, 3.63) is 71.8 Å². The van der Waals surface area contributed by atoms with Gasteiger partial charge in [0.25, 0.3) is 0 Å². The molecule has 0 aliphatic heterocycles. The lowest BCUT2D eigenvalue weighted by atomic mass is 9.92. The van der Waals surface area contributed by atoms with Crippen molar-refractivity contribution in [1.29, 1.82) is 0 Å². The van der Waals surface area contributed by atoms with E-state index in [0.29, 0.717) is 17.7 Å². The number of benzene rings is 3. The Bertz CT molecular complexity index is 1720. The first kappa shape index (κ1) is 36.3. The van der Waals surface area contributed by atoms with Crippen molar-refractivity contribution in [2.75, 3.05) is 11.1 Å². The first-order valence-corrected chi connectivity index (χ1v) is 16.0. The number of aromatic nitrogens is 1. The summed E-state index contributed by atoms with van der Waals surface area (Å²) < 4.78 is 6.90. The number of esters is 2. The minimum atomic E-state index is -1.53. The summed E-state index contributed by atoms with van der Waals surface area (Å²) in [5.41, 5.74) is 0.126. The number of nitrogens with one attached hydrogen (secondary N) is 2. The number of carbonyl (C=O) groups excluding carboxylic acids is 4. The molecule has 0 aliphatic rings. The molecule has 0 saturated heterocycles. The molecule has 0 spiro atoms. The molecule has 0 fully saturated rings. The van der Waals surface area contributed by atoms with Gasteiger partial charge in [0.2, 0.25) is 12.3 Å². The molecule has 47 heavy (non-hydrogen) atoms. The molecule has 3 aromatic carbocycles. The fraction of sp³-hybridized carbons (Fsp3) is 0.250. The molecule has 1 atom stereocenters. The van der Waals surface area contributed by atoms with Gasteiger partial charge in [-0.2, -0.15) is 0 Å². The fourth-order valence-corrected chi connectivity index (χ4v) is 6.18. The molecule has 2 amide bonds. The molecular weight excluding hydrogens is 650 g/mol. The third-order valence-electron chi connectivity index (χ3n) is 6.56. The second-order valence-electron chi connectivity index (χ2n) is 10.1. The topological polar surface area (TPSA) is 212 Å². The van der Waals surface area contributed by atoms with Crippen LogP contribution in [0.3, 0.4) is 0 Å². The zero-order valence-corrected chi connectivity index (χ0v) is 27.0. The molecule has 0 radical (unpaired) electrons. The molecule has 0 saturated carbocycles. The lowest BCUT2D eigenvalue weighted by molar-refractivity contribution is -0.165. The number of carboxylic acid groups (broad SMARTS) is 1. The third-order valence-corrected chi connectivity index (χ3v) is 8.81. The number of nitrogens with zero attached hydrogens (tertiary/aromatic N) is 1. The van der Waals surface area contributed by atoms with E-state index in [1.807, 2.05) is 12.1 Å². The molecule has 0 aliphatic carbocycles. The van der Waals surface area contributed by atoms with Gasteiger partial charge in [-0.05, 0) is 49.2 Å². The third kappa shape index (κ3) is 10.2. The summed E-state index contributed by atoms with van der Waals surface area (Å²) in [7, 11) is 0. The standard InChI is InChI=1S/C25H27N3O5S2.C7H6O5/c1-3-4-14-34-24-28-19-11-10-18(15-20(19)35-24)27-21(30)12-13-22(31)33-23(32)25(2,26-16-29)17-8-6-5-7-9-17;8-4-1-3(7(11)12)2-5(9)6(4)10/h5-11,15-16H,3-4,12-14H2,1-2H3,(H,26,29)(H,27,30);1-2,8-10H,(H,11,12). The van der Waals surface area contributed by atoms with Crippen molar-refractivity contribution in [3.63, 3.8) is 0 Å². The first-order chi connectivity index (χ1) is 22.4. The number of hydrogen-bond donors (Lipinski definition) is 6. The molecule has 1 heterocycles. The van der Waals surface area contributed by atoms with E-state index in [1.54, 1.807) is 59.5 Å². The number of thioether (sulfide) groups is 1. The van der Waals surface area contributed by atoms with E-state index < -0.39 is 40.7 Å². The highest BCUT2D eigenvalue weighted by atomic mass is 32.2. The molecule has 248 valence electrons. The van der Waals surface area contributed by atoms with Crippen LogP contribution in [-0.4, -0.2) is 61.4 Å². The second-order valence-corrected chi connectivity index (χ2v) is 12.5. The Hall–Kier alpha value is -5.15. The molecule has 13 nitrogen and oxygen atoms in total. The van der Waals surface area contributed by atoms with Crippen LogP contribution in [0.1, 0.15) is 55.5 Å². The summed E-state index contributed by atoms with van der Waals surface area (Å²) in [5, 5.41) is 40.1. The van der Waals surface area contributed by atoms with E-state index in [0.717, 1.165) is 45.3 Å². The van der Waals surface area contributed by atoms with Gasteiger partial charge in [0.1, 0.15) is 0 Å². The van der Waals surface area contributed by atoms with Crippen LogP contribution in [0, 0.1) is 0 Å². The van der Waals surface area contributed by atoms with Crippen molar-refractivity contribution >= 4 is 69.2 Å². The number of phenols is 3. The van der Waals surface area contributed by atoms with Crippen LogP contribution in [0.15, 0.2) is 65.0 Å². The number of aromatic carboxylic acids is 1. The van der Waals surface area contributed by atoms with Gasteiger partial charge in [0.15, 0.2) is 27.1 Å². The number of carboxylic acids is 1. The molecule has 6 N–H and O–H groups in total. The fourth-order valence-electron chi connectivity index (χ4n) is 3.92. The number of ether oxygens (including phenoxy) is 1. The Morgan fingerprint density at radius 2 is 1.68 bits per heavy atom. The summed E-state index contributed by atoms with van der Waals surface area (Å²) in [5.74, 6) is -4.47. The Morgan fingerprint density at radius 3 is 2.30 bits per heavy atom. The number of thiazole rings is 1. The van der Waals surface area contributed by atoms with E-state index in [9.17, 15) is 24.0 Å². The second kappa shape index (κ2) is 17.0. The maximum atomic E-state index is 12.6. The number of unbranched alkanes of at least 4 members (excludes halogenated alkanes) is 1. The molecule has 15 heteroatoms. The van der Waals surface area contributed by atoms with Crippen molar-refractivity contribution in [2.45, 2.75) is 49.4 Å². The number of rotatable bonds is 13. The number of aromatic hydroxyl groups is 3. The van der Waals surface area contributed by atoms with Gasteiger partial charge in [-0.1, -0.05) is 55.4 Å². The average Bonchev–Trinajstić information content (AvgIpc) is 3.45. The molecule has 1 aromatic heterocycles. The van der Waals surface area contributed by atoms with E-state index in [-0.39, 0.29) is 24.3 Å². The zero-order valence-electron chi connectivity index (χ0n) is 25.4. The van der Waals surface area contributed by atoms with Gasteiger partial charge >= 0.3 is 17.9 Å². The Balaban J connectivity index is 0.000000420. The molecular formula is C32H33N3O10S2. The van der Waals surface area contributed by atoms with Crippen LogP contribution < -0.4 is 10.6 Å². The SMILES string of the molecule is CCCCSc1nc2ccc(NC(=O)CCC(=O)OC(=O)C(C)(NC=O)c3ccccc3)cc2s1.O=C(O)c1cc(O)c(O)c(O)c1. The van der Waals surface area contributed by atoms with Crippen LogP contribution in [0.2, 0.25) is 0 Å². The van der Waals surface area contributed by atoms with Crippen molar-refractivity contribution in [2.24, 2.45) is 0 Å². The maximum Gasteiger partial charge on any atom is 0.343 e. The molecule has 1 unspecified atom stereocenters. The summed E-state index contributed by atoms with van der Waals surface area (Å²) in [4.78, 5) is 63.2. The van der Waals surface area contributed by atoms with Crippen molar-refractivity contribution in [1.82, 2.24) is 10.3 Å². The Morgan fingerprint density at radius 1 is 1.00 bits per heavy atom. The van der Waals surface area contributed by atoms with Gasteiger partial charge < -0.3 is 35.8 Å². The number of anilines is 1. The van der Waals surface area contributed by atoms with Gasteiger partial charge in [-0.3, -0.25) is 14.4 Å². The van der Waals surface area contributed by atoms with E-state index in [1.165, 1.54) is 6.92 Å². The first-order valence-electron chi connectivity index (χ1n) is 14.2. The smallest absolute Gasteiger partial charge is 0.343 e. The lowest BCUT2D eigenvalue weighted by Gasteiger charge is -2.26. The minimum absolute atomic E-state index is 0.159. The number of fused-ring (bicyclic) bond motifs is 1. The number of phenolic OH excluding ortho intramolecular Hbond substituents is 3. The van der Waals surface area contributed by atoms with Crippen molar-refractivity contribution < 1.29 is 49.1 Å². The molecule has 0 bridgehead atoms. The number of carbonyl (C=O) groups is 5. The summed E-state index contributed by atoms with van der Waals surface area (Å²) in [6.45, 7) is 3.60. The van der Waals surface area contributed by atoms with Crippen LogP contribution in [0.5, 0.6) is 17.2 Å². The molecule has 4 rings (SSSR count). The van der Waals surface area contributed by atoms with Gasteiger partial charge in [-0.15, -0.1) is 11.3 Å². The van der Waals surface area contributed by atoms with Gasteiger partial charge in [0, 0.05) is 17.9 Å². The highest BCUT2D eigenvalue weighted by molar-refractivity contribution is 8.01. The van der Waals surface area contributed by atoms with Gasteiger partial charge in [-0.25, -0.2) is 14.6 Å². The average molecular weight is 684 g/mol. The summed E-state index contributed by atoms with van der Waals surface area (Å²) in [6, 6.07) is 15.6. The summed E-state index contributed by atoms with van der Waals surface area (Å²) >= 11 is 3.30. The maximum absolute atomic E-state index is 12.6. The number of amides is 2. The Labute approximate surface area is 277 Å². The monoisotopic (exact) mass is 683 g/mol. The van der Waals surface area contributed by atoms with E-state index in [4.69, 9.17) is 25.2 Å². The normalized spacial score (nSPS) is 11.8. The lowest BCUT2D eigenvalue weighted by Crippen LogP contribution is -2.47. The highest BCUT2D eigenvalue weighted by Crippen LogP contribution is 2.35. The largest absolute Gasteiger partial charge is 0.504 e. The highest BCUT2D eigenvalue weighted by Gasteiger charge is 2.38. The predicted octanol–water partition coefficient (Wildman–Crippen LogP) is 5.14. The number of hydrogen-bond acceptors (Lipinski definition) is 12. The van der Waals surface area contributed by atoms with Crippen LogP contribution in [0.25, 0.3) is 10.2 Å².